The lowest BCUT2D eigenvalue weighted by molar-refractivity contribution is -0.120. The highest BCUT2D eigenvalue weighted by molar-refractivity contribution is 7.89. The maximum atomic E-state index is 12.6. The van der Waals surface area contributed by atoms with E-state index in [4.69, 9.17) is 4.74 Å². The summed E-state index contributed by atoms with van der Waals surface area (Å²) in [4.78, 5) is 14.3. The first-order valence-electron chi connectivity index (χ1n) is 10.1. The number of rotatable bonds is 8. The average molecular weight is 432 g/mol. The van der Waals surface area contributed by atoms with Crippen LogP contribution in [0.15, 0.2) is 48.5 Å². The lowest BCUT2D eigenvalue weighted by atomic mass is 10.1. The van der Waals surface area contributed by atoms with Crippen LogP contribution >= 0.6 is 0 Å². The zero-order chi connectivity index (χ0) is 21.6. The first-order chi connectivity index (χ1) is 14.4. The molecule has 0 aliphatic carbocycles. The standard InChI is InChI=1S/C22H29N3O4S/c1-18-4-3-5-19(16-18)17-22(26)23-10-15-30(27,28)25-13-11-24(12-14-25)20-6-8-21(29-2)9-7-20/h3-9,16H,10-15,17H2,1-2H3,(H,23,26). The molecule has 0 bridgehead atoms. The molecule has 162 valence electrons. The van der Waals surface area contributed by atoms with Gasteiger partial charge in [0, 0.05) is 38.4 Å². The lowest BCUT2D eigenvalue weighted by Gasteiger charge is -2.35. The first-order valence-corrected chi connectivity index (χ1v) is 11.7. The van der Waals surface area contributed by atoms with Crippen molar-refractivity contribution < 1.29 is 17.9 Å². The molecule has 1 heterocycles. The molecule has 2 aromatic carbocycles. The van der Waals surface area contributed by atoms with Crippen LogP contribution in [0.4, 0.5) is 5.69 Å². The molecule has 1 saturated heterocycles. The fourth-order valence-corrected chi connectivity index (χ4v) is 4.87. The number of anilines is 1. The monoisotopic (exact) mass is 431 g/mol. The molecule has 30 heavy (non-hydrogen) atoms. The molecule has 2 aromatic rings. The summed E-state index contributed by atoms with van der Waals surface area (Å²) >= 11 is 0. The van der Waals surface area contributed by atoms with Crippen LogP contribution in [-0.4, -0.2) is 64.2 Å². The van der Waals surface area contributed by atoms with Crippen LogP contribution in [0.1, 0.15) is 11.1 Å². The Labute approximate surface area is 178 Å². The van der Waals surface area contributed by atoms with Crippen LogP contribution in [-0.2, 0) is 21.2 Å². The third-order valence-electron chi connectivity index (χ3n) is 5.20. The van der Waals surface area contributed by atoms with Gasteiger partial charge in [-0.05, 0) is 36.8 Å². The van der Waals surface area contributed by atoms with Gasteiger partial charge < -0.3 is 15.0 Å². The number of methoxy groups -OCH3 is 1. The number of carbonyl (C=O) groups is 1. The molecule has 0 atom stereocenters. The van der Waals surface area contributed by atoms with Crippen molar-refractivity contribution in [1.82, 2.24) is 9.62 Å². The molecule has 1 aliphatic rings. The molecule has 3 rings (SSSR count). The predicted octanol–water partition coefficient (Wildman–Crippen LogP) is 1.81. The van der Waals surface area contributed by atoms with Gasteiger partial charge in [0.1, 0.15) is 5.75 Å². The molecule has 1 aliphatic heterocycles. The minimum absolute atomic E-state index is 0.0882. The number of benzene rings is 2. The maximum Gasteiger partial charge on any atom is 0.224 e. The van der Waals surface area contributed by atoms with Gasteiger partial charge in [0.15, 0.2) is 0 Å². The molecule has 0 saturated carbocycles. The van der Waals surface area contributed by atoms with Crippen molar-refractivity contribution in [2.24, 2.45) is 0 Å². The van der Waals surface area contributed by atoms with E-state index in [2.05, 4.69) is 10.2 Å². The quantitative estimate of drug-likeness (QED) is 0.690. The predicted molar refractivity (Wildman–Crippen MR) is 118 cm³/mol. The van der Waals surface area contributed by atoms with E-state index in [1.165, 1.54) is 4.31 Å². The van der Waals surface area contributed by atoms with E-state index < -0.39 is 10.0 Å². The summed E-state index contributed by atoms with van der Waals surface area (Å²) in [5.74, 6) is 0.541. The van der Waals surface area contributed by atoms with Crippen molar-refractivity contribution in [3.8, 4) is 5.75 Å². The van der Waals surface area contributed by atoms with Gasteiger partial charge in [0.2, 0.25) is 15.9 Å². The van der Waals surface area contributed by atoms with Crippen LogP contribution in [0.3, 0.4) is 0 Å². The molecule has 1 fully saturated rings. The largest absolute Gasteiger partial charge is 0.497 e. The fourth-order valence-electron chi connectivity index (χ4n) is 3.54. The molecule has 0 aromatic heterocycles. The second kappa shape index (κ2) is 9.95. The smallest absolute Gasteiger partial charge is 0.224 e. The number of hydrogen-bond acceptors (Lipinski definition) is 5. The van der Waals surface area contributed by atoms with E-state index in [0.29, 0.717) is 26.2 Å². The molecule has 0 unspecified atom stereocenters. The van der Waals surface area contributed by atoms with Crippen molar-refractivity contribution >= 4 is 21.6 Å². The number of nitrogens with one attached hydrogen (secondary N) is 1. The minimum atomic E-state index is -3.40. The molecule has 0 spiro atoms. The third kappa shape index (κ3) is 5.96. The van der Waals surface area contributed by atoms with Crippen LogP contribution in [0, 0.1) is 6.92 Å². The summed E-state index contributed by atoms with van der Waals surface area (Å²) in [5, 5.41) is 2.72. The van der Waals surface area contributed by atoms with E-state index >= 15 is 0 Å². The summed E-state index contributed by atoms with van der Waals surface area (Å²) in [6.45, 7) is 4.22. The Balaban J connectivity index is 1.44. The van der Waals surface area contributed by atoms with Crippen LogP contribution in [0.2, 0.25) is 0 Å². The Bertz CT molecular complexity index is 953. The van der Waals surface area contributed by atoms with Gasteiger partial charge in [-0.2, -0.15) is 4.31 Å². The Kier molecular flexibility index (Phi) is 7.33. The van der Waals surface area contributed by atoms with Crippen LogP contribution in [0.5, 0.6) is 5.75 Å². The Morgan fingerprint density at radius 2 is 1.77 bits per heavy atom. The molecule has 1 amide bonds. The zero-order valence-corrected chi connectivity index (χ0v) is 18.3. The van der Waals surface area contributed by atoms with Gasteiger partial charge in [0.05, 0.1) is 19.3 Å². The van der Waals surface area contributed by atoms with E-state index in [9.17, 15) is 13.2 Å². The highest BCUT2D eigenvalue weighted by Crippen LogP contribution is 2.21. The third-order valence-corrected chi connectivity index (χ3v) is 7.07. The van der Waals surface area contributed by atoms with E-state index in [-0.39, 0.29) is 24.6 Å². The van der Waals surface area contributed by atoms with Crippen molar-refractivity contribution in [3.05, 3.63) is 59.7 Å². The minimum Gasteiger partial charge on any atom is -0.497 e. The van der Waals surface area contributed by atoms with Gasteiger partial charge in [-0.25, -0.2) is 8.42 Å². The average Bonchev–Trinajstić information content (AvgIpc) is 2.74. The number of ether oxygens (including phenoxy) is 1. The zero-order valence-electron chi connectivity index (χ0n) is 17.5. The summed E-state index contributed by atoms with van der Waals surface area (Å²) in [7, 11) is -1.77. The first kappa shape index (κ1) is 22.1. The van der Waals surface area contributed by atoms with Crippen molar-refractivity contribution in [2.75, 3.05) is 50.5 Å². The summed E-state index contributed by atoms with van der Waals surface area (Å²) in [5.41, 5.74) is 3.07. The second-order valence-corrected chi connectivity index (χ2v) is 9.50. The Hall–Kier alpha value is -2.58. The number of piperazine rings is 1. The number of sulfonamides is 1. The number of carbonyl (C=O) groups excluding carboxylic acids is 1. The SMILES string of the molecule is COc1ccc(N2CCN(S(=O)(=O)CCNC(=O)Cc3cccc(C)c3)CC2)cc1. The fraction of sp³-hybridized carbons (Fsp3) is 0.409. The number of aryl methyl sites for hydroxylation is 1. The number of amides is 1. The molecule has 0 radical (unpaired) electrons. The van der Waals surface area contributed by atoms with Crippen molar-refractivity contribution in [2.45, 2.75) is 13.3 Å². The normalized spacial score (nSPS) is 15.1. The Morgan fingerprint density at radius 3 is 2.40 bits per heavy atom. The highest BCUT2D eigenvalue weighted by Gasteiger charge is 2.26. The topological polar surface area (TPSA) is 79.0 Å². The summed E-state index contributed by atoms with van der Waals surface area (Å²) in [6.07, 6.45) is 0.252. The molecular weight excluding hydrogens is 402 g/mol. The lowest BCUT2D eigenvalue weighted by Crippen LogP contribution is -2.50. The van der Waals surface area contributed by atoms with E-state index in [0.717, 1.165) is 22.6 Å². The van der Waals surface area contributed by atoms with Crippen molar-refractivity contribution in [3.63, 3.8) is 0 Å². The van der Waals surface area contributed by atoms with Crippen LogP contribution in [0.25, 0.3) is 0 Å². The van der Waals surface area contributed by atoms with Gasteiger partial charge in [-0.1, -0.05) is 29.8 Å². The van der Waals surface area contributed by atoms with E-state index in [1.807, 2.05) is 55.5 Å². The van der Waals surface area contributed by atoms with Gasteiger partial charge >= 0.3 is 0 Å². The van der Waals surface area contributed by atoms with Gasteiger partial charge in [-0.3, -0.25) is 4.79 Å². The molecule has 7 nitrogen and oxygen atoms in total. The molecular formula is C22H29N3O4S. The van der Waals surface area contributed by atoms with Gasteiger partial charge in [-0.15, -0.1) is 0 Å². The van der Waals surface area contributed by atoms with Crippen molar-refractivity contribution in [1.29, 1.82) is 0 Å². The van der Waals surface area contributed by atoms with Gasteiger partial charge in [0.25, 0.3) is 0 Å². The highest BCUT2D eigenvalue weighted by atomic mass is 32.2. The maximum absolute atomic E-state index is 12.6. The van der Waals surface area contributed by atoms with Crippen LogP contribution < -0.4 is 15.0 Å². The number of hydrogen-bond donors (Lipinski definition) is 1. The Morgan fingerprint density at radius 1 is 1.07 bits per heavy atom. The van der Waals surface area contributed by atoms with E-state index in [1.54, 1.807) is 7.11 Å². The molecule has 1 N–H and O–H groups in total. The number of nitrogens with zero attached hydrogens (tertiary/aromatic N) is 2. The summed E-state index contributed by atoms with van der Waals surface area (Å²) < 4.78 is 32.0. The second-order valence-electron chi connectivity index (χ2n) is 7.42. The summed E-state index contributed by atoms with van der Waals surface area (Å²) in [6, 6.07) is 15.5. The molecule has 8 heteroatoms.